The Morgan fingerprint density at radius 2 is 2.04 bits per heavy atom. The Bertz CT molecular complexity index is 641. The molecular formula is C20H30N2O5. The third kappa shape index (κ3) is 6.20. The van der Waals surface area contributed by atoms with E-state index in [4.69, 9.17) is 4.74 Å². The van der Waals surface area contributed by atoms with Gasteiger partial charge < -0.3 is 14.7 Å². The molecule has 1 aliphatic rings. The lowest BCUT2D eigenvalue weighted by molar-refractivity contribution is -0.386. The van der Waals surface area contributed by atoms with Crippen molar-refractivity contribution in [1.82, 2.24) is 4.90 Å². The number of nitro groups is 1. The number of aliphatic hydroxyl groups is 1. The fourth-order valence-electron chi connectivity index (χ4n) is 3.54. The van der Waals surface area contributed by atoms with Crippen LogP contribution in [-0.4, -0.2) is 40.5 Å². The molecule has 1 saturated carbocycles. The zero-order chi connectivity index (χ0) is 19.8. The Morgan fingerprint density at radius 1 is 1.33 bits per heavy atom. The topological polar surface area (TPSA) is 92.9 Å². The lowest BCUT2D eigenvalue weighted by Gasteiger charge is -2.31. The first-order valence-corrected chi connectivity index (χ1v) is 9.75. The minimum atomic E-state index is -0.943. The average molecular weight is 378 g/mol. The summed E-state index contributed by atoms with van der Waals surface area (Å²) in [6, 6.07) is 4.78. The zero-order valence-corrected chi connectivity index (χ0v) is 16.2. The minimum Gasteiger partial charge on any atom is -0.494 e. The van der Waals surface area contributed by atoms with Crippen molar-refractivity contribution in [2.24, 2.45) is 0 Å². The summed E-state index contributed by atoms with van der Waals surface area (Å²) < 4.78 is 5.63. The molecule has 2 rings (SSSR count). The van der Waals surface area contributed by atoms with E-state index in [1.807, 2.05) is 11.9 Å². The normalized spacial score (nSPS) is 16.0. The van der Waals surface area contributed by atoms with E-state index in [0.29, 0.717) is 24.8 Å². The fraction of sp³-hybridized carbons (Fsp3) is 0.650. The quantitative estimate of drug-likeness (QED) is 0.398. The predicted molar refractivity (Wildman–Crippen MR) is 103 cm³/mol. The molecule has 0 spiro atoms. The van der Waals surface area contributed by atoms with Crippen molar-refractivity contribution in [3.8, 4) is 5.75 Å². The van der Waals surface area contributed by atoms with Gasteiger partial charge in [0.05, 0.1) is 23.2 Å². The molecule has 1 unspecified atom stereocenters. The number of benzene rings is 1. The van der Waals surface area contributed by atoms with E-state index >= 15 is 0 Å². The Hall–Kier alpha value is -2.15. The molecule has 0 saturated heterocycles. The first-order valence-electron chi connectivity index (χ1n) is 9.75. The highest BCUT2D eigenvalue weighted by molar-refractivity contribution is 5.76. The average Bonchev–Trinajstić information content (AvgIpc) is 2.67. The van der Waals surface area contributed by atoms with Crippen LogP contribution in [-0.2, 0) is 4.79 Å². The lowest BCUT2D eigenvalue weighted by atomic mass is 9.94. The fourth-order valence-corrected chi connectivity index (χ4v) is 3.54. The smallest absolute Gasteiger partial charge is 0.275 e. The van der Waals surface area contributed by atoms with Gasteiger partial charge in [-0.1, -0.05) is 19.3 Å². The monoisotopic (exact) mass is 378 g/mol. The number of hydrogen-bond donors (Lipinski definition) is 1. The van der Waals surface area contributed by atoms with E-state index in [1.165, 1.54) is 44.4 Å². The number of nitro benzene ring substituents is 1. The highest BCUT2D eigenvalue weighted by Gasteiger charge is 2.21. The van der Waals surface area contributed by atoms with Crippen molar-refractivity contribution < 1.29 is 19.6 Å². The Balaban J connectivity index is 1.74. The maximum Gasteiger partial charge on any atom is 0.275 e. The second kappa shape index (κ2) is 10.3. The Morgan fingerprint density at radius 3 is 2.67 bits per heavy atom. The highest BCUT2D eigenvalue weighted by atomic mass is 16.6. The number of aliphatic hydroxyl groups excluding tert-OH is 1. The van der Waals surface area contributed by atoms with Crippen LogP contribution >= 0.6 is 0 Å². The van der Waals surface area contributed by atoms with E-state index in [-0.39, 0.29) is 17.2 Å². The summed E-state index contributed by atoms with van der Waals surface area (Å²) in [4.78, 5) is 24.7. The largest absolute Gasteiger partial charge is 0.494 e. The van der Waals surface area contributed by atoms with Gasteiger partial charge >= 0.3 is 0 Å². The molecule has 1 aromatic carbocycles. The van der Waals surface area contributed by atoms with Gasteiger partial charge in [0.25, 0.3) is 5.69 Å². The standard InChI is InChI=1S/C20H30N2O5/c1-15(23)18-14-17(11-12-19(18)22(25)26)27-13-7-6-10-20(24)21(2)16-8-4-3-5-9-16/h11-12,14-16,23H,3-10,13H2,1-2H3. The van der Waals surface area contributed by atoms with Crippen molar-refractivity contribution in [1.29, 1.82) is 0 Å². The van der Waals surface area contributed by atoms with Crippen molar-refractivity contribution in [3.05, 3.63) is 33.9 Å². The molecule has 1 aromatic rings. The summed E-state index contributed by atoms with van der Waals surface area (Å²) >= 11 is 0. The van der Waals surface area contributed by atoms with Crippen molar-refractivity contribution >= 4 is 11.6 Å². The van der Waals surface area contributed by atoms with Gasteiger partial charge in [0, 0.05) is 25.6 Å². The number of nitrogens with zero attached hydrogens (tertiary/aromatic N) is 2. The molecule has 0 radical (unpaired) electrons. The van der Waals surface area contributed by atoms with Gasteiger partial charge in [-0.2, -0.15) is 0 Å². The molecule has 7 heteroatoms. The van der Waals surface area contributed by atoms with Gasteiger partial charge in [-0.25, -0.2) is 0 Å². The second-order valence-electron chi connectivity index (χ2n) is 7.26. The molecule has 0 aliphatic heterocycles. The lowest BCUT2D eigenvalue weighted by Crippen LogP contribution is -2.38. The molecule has 1 aliphatic carbocycles. The summed E-state index contributed by atoms with van der Waals surface area (Å²) in [7, 11) is 1.91. The molecule has 1 fully saturated rings. The van der Waals surface area contributed by atoms with Crippen LogP contribution in [0.15, 0.2) is 18.2 Å². The van der Waals surface area contributed by atoms with Crippen LogP contribution in [0.1, 0.15) is 70.0 Å². The van der Waals surface area contributed by atoms with Crippen LogP contribution in [0, 0.1) is 10.1 Å². The van der Waals surface area contributed by atoms with E-state index in [2.05, 4.69) is 0 Å². The van der Waals surface area contributed by atoms with Gasteiger partial charge in [-0.3, -0.25) is 14.9 Å². The second-order valence-corrected chi connectivity index (χ2v) is 7.26. The van der Waals surface area contributed by atoms with Gasteiger partial charge in [0.15, 0.2) is 0 Å². The highest BCUT2D eigenvalue weighted by Crippen LogP contribution is 2.29. The number of ether oxygens (including phenoxy) is 1. The maximum absolute atomic E-state index is 12.3. The van der Waals surface area contributed by atoms with Crippen LogP contribution in [0.4, 0.5) is 5.69 Å². The van der Waals surface area contributed by atoms with E-state index in [9.17, 15) is 20.0 Å². The molecule has 150 valence electrons. The number of rotatable bonds is 9. The molecule has 27 heavy (non-hydrogen) atoms. The summed E-state index contributed by atoms with van der Waals surface area (Å²) in [5.74, 6) is 0.677. The maximum atomic E-state index is 12.3. The van der Waals surface area contributed by atoms with Crippen LogP contribution in [0.25, 0.3) is 0 Å². The first kappa shape index (κ1) is 21.2. The van der Waals surface area contributed by atoms with Gasteiger partial charge in [-0.15, -0.1) is 0 Å². The number of carbonyl (C=O) groups excluding carboxylic acids is 1. The Kier molecular flexibility index (Phi) is 8.03. The van der Waals surface area contributed by atoms with E-state index in [1.54, 1.807) is 0 Å². The zero-order valence-electron chi connectivity index (χ0n) is 16.2. The molecule has 7 nitrogen and oxygen atoms in total. The number of hydrogen-bond acceptors (Lipinski definition) is 5. The van der Waals surface area contributed by atoms with Crippen molar-refractivity contribution in [2.75, 3.05) is 13.7 Å². The summed E-state index contributed by atoms with van der Waals surface area (Å²) in [5, 5.41) is 20.7. The third-order valence-electron chi connectivity index (χ3n) is 5.22. The molecule has 1 atom stereocenters. The van der Waals surface area contributed by atoms with Crippen molar-refractivity contribution in [2.45, 2.75) is 70.4 Å². The van der Waals surface area contributed by atoms with E-state index in [0.717, 1.165) is 25.7 Å². The molecule has 0 aromatic heterocycles. The molecule has 0 bridgehead atoms. The summed E-state index contributed by atoms with van der Waals surface area (Å²) in [6.07, 6.45) is 6.94. The predicted octanol–water partition coefficient (Wildman–Crippen LogP) is 3.99. The summed E-state index contributed by atoms with van der Waals surface area (Å²) in [6.45, 7) is 1.91. The molecular weight excluding hydrogens is 348 g/mol. The first-order chi connectivity index (χ1) is 12.9. The number of amides is 1. The molecule has 0 heterocycles. The SMILES string of the molecule is CC(O)c1cc(OCCCCC(=O)N(C)C2CCCCC2)ccc1[N+](=O)[O-]. The van der Waals surface area contributed by atoms with E-state index < -0.39 is 11.0 Å². The minimum absolute atomic E-state index is 0.117. The van der Waals surface area contributed by atoms with Crippen molar-refractivity contribution in [3.63, 3.8) is 0 Å². The van der Waals surface area contributed by atoms with Gasteiger partial charge in [0.1, 0.15) is 5.75 Å². The van der Waals surface area contributed by atoms with Crippen LogP contribution in [0.5, 0.6) is 5.75 Å². The van der Waals surface area contributed by atoms with Crippen LogP contribution in [0.3, 0.4) is 0 Å². The van der Waals surface area contributed by atoms with Crippen LogP contribution in [0.2, 0.25) is 0 Å². The molecule has 1 N–H and O–H groups in total. The molecule has 1 amide bonds. The third-order valence-corrected chi connectivity index (χ3v) is 5.22. The number of unbranched alkanes of at least 4 members (excludes halogenated alkanes) is 1. The summed E-state index contributed by atoms with van der Waals surface area (Å²) in [5.41, 5.74) is 0.121. The van der Waals surface area contributed by atoms with Gasteiger partial charge in [0.2, 0.25) is 5.91 Å². The Labute approximate surface area is 160 Å². The number of carbonyl (C=O) groups is 1. The van der Waals surface area contributed by atoms with Crippen LogP contribution < -0.4 is 4.74 Å². The van der Waals surface area contributed by atoms with Gasteiger partial charge in [-0.05, 0) is 44.7 Å².